The van der Waals surface area contributed by atoms with Crippen LogP contribution in [0.2, 0.25) is 0 Å². The fourth-order valence-electron chi connectivity index (χ4n) is 2.24. The second-order valence-corrected chi connectivity index (χ2v) is 4.97. The van der Waals surface area contributed by atoms with Gasteiger partial charge in [0.05, 0.1) is 7.11 Å². The normalized spacial score (nSPS) is 17.4. The number of hydrogen-bond donors (Lipinski definition) is 1. The number of nitrogens with zero attached hydrogens (tertiary/aromatic N) is 1. The maximum Gasteiger partial charge on any atom is 0.119 e. The maximum absolute atomic E-state index is 5.17. The SMILES string of the molecule is COc1ccc(N(C)CC(C)C2CNC2)cc1. The fourth-order valence-corrected chi connectivity index (χ4v) is 2.24. The molecule has 0 spiro atoms. The third-order valence-corrected chi connectivity index (χ3v) is 3.69. The molecular weight excluding hydrogens is 212 g/mol. The lowest BCUT2D eigenvalue weighted by Gasteiger charge is -2.35. The average Bonchev–Trinajstić information content (AvgIpc) is 2.26. The fraction of sp³-hybridized carbons (Fsp3) is 0.571. The van der Waals surface area contributed by atoms with Crippen molar-refractivity contribution >= 4 is 5.69 Å². The van der Waals surface area contributed by atoms with Gasteiger partial charge in [-0.15, -0.1) is 0 Å². The largest absolute Gasteiger partial charge is 0.497 e. The standard InChI is InChI=1S/C14H22N2O/c1-11(12-8-15-9-12)10-16(2)13-4-6-14(17-3)7-5-13/h4-7,11-12,15H,8-10H2,1-3H3. The molecule has 0 bridgehead atoms. The molecule has 1 atom stereocenters. The second-order valence-electron chi connectivity index (χ2n) is 4.97. The zero-order chi connectivity index (χ0) is 12.3. The van der Waals surface area contributed by atoms with E-state index >= 15 is 0 Å². The lowest BCUT2D eigenvalue weighted by molar-refractivity contribution is 0.252. The molecule has 3 nitrogen and oxygen atoms in total. The van der Waals surface area contributed by atoms with Gasteiger partial charge in [-0.05, 0) is 49.2 Å². The van der Waals surface area contributed by atoms with E-state index in [-0.39, 0.29) is 0 Å². The van der Waals surface area contributed by atoms with Crippen molar-refractivity contribution in [3.63, 3.8) is 0 Å². The molecule has 1 heterocycles. The van der Waals surface area contributed by atoms with Gasteiger partial charge in [0.2, 0.25) is 0 Å². The van der Waals surface area contributed by atoms with Gasteiger partial charge in [0.25, 0.3) is 0 Å². The lowest BCUT2D eigenvalue weighted by Crippen LogP contribution is -2.47. The van der Waals surface area contributed by atoms with Gasteiger partial charge in [0.1, 0.15) is 5.75 Å². The molecule has 1 aromatic rings. The molecule has 1 N–H and O–H groups in total. The molecule has 0 radical (unpaired) electrons. The van der Waals surface area contributed by atoms with Crippen molar-refractivity contribution in [1.82, 2.24) is 5.32 Å². The molecule has 0 amide bonds. The zero-order valence-electron chi connectivity index (χ0n) is 10.9. The van der Waals surface area contributed by atoms with Crippen LogP contribution in [0.4, 0.5) is 5.69 Å². The number of rotatable bonds is 5. The van der Waals surface area contributed by atoms with Gasteiger partial charge in [0, 0.05) is 19.3 Å². The van der Waals surface area contributed by atoms with E-state index < -0.39 is 0 Å². The third-order valence-electron chi connectivity index (χ3n) is 3.69. The molecule has 0 aromatic heterocycles. The molecule has 0 aliphatic carbocycles. The Morgan fingerprint density at radius 2 is 2.00 bits per heavy atom. The minimum atomic E-state index is 0.739. The third kappa shape index (κ3) is 2.91. The van der Waals surface area contributed by atoms with Crippen molar-refractivity contribution in [3.8, 4) is 5.75 Å². The first kappa shape index (κ1) is 12.2. The lowest BCUT2D eigenvalue weighted by atomic mass is 9.88. The van der Waals surface area contributed by atoms with Crippen LogP contribution in [0, 0.1) is 11.8 Å². The Kier molecular flexibility index (Phi) is 3.89. The molecule has 1 aliphatic heterocycles. The monoisotopic (exact) mass is 234 g/mol. The number of methoxy groups -OCH3 is 1. The highest BCUT2D eigenvalue weighted by Crippen LogP contribution is 2.22. The predicted octanol–water partition coefficient (Wildman–Crippen LogP) is 1.99. The van der Waals surface area contributed by atoms with Gasteiger partial charge < -0.3 is 15.0 Å². The minimum Gasteiger partial charge on any atom is -0.497 e. The summed E-state index contributed by atoms with van der Waals surface area (Å²) in [7, 11) is 3.86. The van der Waals surface area contributed by atoms with E-state index in [9.17, 15) is 0 Å². The molecule has 3 heteroatoms. The minimum absolute atomic E-state index is 0.739. The first-order valence-electron chi connectivity index (χ1n) is 6.26. The van der Waals surface area contributed by atoms with Gasteiger partial charge in [-0.1, -0.05) is 6.92 Å². The topological polar surface area (TPSA) is 24.5 Å². The summed E-state index contributed by atoms with van der Waals surface area (Å²) in [6.45, 7) is 5.81. The number of nitrogens with one attached hydrogen (secondary N) is 1. The summed E-state index contributed by atoms with van der Waals surface area (Å²) in [6.07, 6.45) is 0. The molecule has 1 saturated heterocycles. The van der Waals surface area contributed by atoms with E-state index in [1.165, 1.54) is 18.8 Å². The quantitative estimate of drug-likeness (QED) is 0.843. The Labute approximate surface area is 104 Å². The Balaban J connectivity index is 1.91. The summed E-state index contributed by atoms with van der Waals surface area (Å²) >= 11 is 0. The van der Waals surface area contributed by atoms with Crippen LogP contribution >= 0.6 is 0 Å². The molecule has 1 fully saturated rings. The highest BCUT2D eigenvalue weighted by molar-refractivity contribution is 5.48. The highest BCUT2D eigenvalue weighted by atomic mass is 16.5. The van der Waals surface area contributed by atoms with Crippen molar-refractivity contribution in [3.05, 3.63) is 24.3 Å². The van der Waals surface area contributed by atoms with Gasteiger partial charge in [-0.25, -0.2) is 0 Å². The smallest absolute Gasteiger partial charge is 0.119 e. The second kappa shape index (κ2) is 5.41. The van der Waals surface area contributed by atoms with E-state index in [0.29, 0.717) is 0 Å². The van der Waals surface area contributed by atoms with Crippen molar-refractivity contribution in [1.29, 1.82) is 0 Å². The van der Waals surface area contributed by atoms with Gasteiger partial charge in [-0.3, -0.25) is 0 Å². The van der Waals surface area contributed by atoms with Crippen LogP contribution in [-0.4, -0.2) is 33.8 Å². The molecule has 94 valence electrons. The van der Waals surface area contributed by atoms with Crippen LogP contribution < -0.4 is 15.0 Å². The summed E-state index contributed by atoms with van der Waals surface area (Å²) in [5.41, 5.74) is 1.25. The zero-order valence-corrected chi connectivity index (χ0v) is 10.9. The van der Waals surface area contributed by atoms with Crippen molar-refractivity contribution in [2.75, 3.05) is 38.7 Å². The van der Waals surface area contributed by atoms with E-state index in [1.54, 1.807) is 7.11 Å². The first-order chi connectivity index (χ1) is 8.20. The van der Waals surface area contributed by atoms with Crippen LogP contribution in [0.5, 0.6) is 5.75 Å². The van der Waals surface area contributed by atoms with E-state index in [1.807, 2.05) is 12.1 Å². The Morgan fingerprint density at radius 3 is 2.47 bits per heavy atom. The Morgan fingerprint density at radius 1 is 1.35 bits per heavy atom. The summed E-state index contributed by atoms with van der Waals surface area (Å²) < 4.78 is 5.17. The Hall–Kier alpha value is -1.22. The number of anilines is 1. The van der Waals surface area contributed by atoms with E-state index in [2.05, 4.69) is 36.3 Å². The summed E-state index contributed by atoms with van der Waals surface area (Å²) in [5.74, 6) is 2.50. The van der Waals surface area contributed by atoms with Crippen molar-refractivity contribution in [2.45, 2.75) is 6.92 Å². The molecule has 1 aromatic carbocycles. The Bertz CT molecular complexity index is 346. The van der Waals surface area contributed by atoms with Crippen LogP contribution in [0.25, 0.3) is 0 Å². The molecule has 17 heavy (non-hydrogen) atoms. The van der Waals surface area contributed by atoms with Crippen molar-refractivity contribution < 1.29 is 4.74 Å². The summed E-state index contributed by atoms with van der Waals surface area (Å²) in [5, 5.41) is 3.34. The molecular formula is C14H22N2O. The number of benzene rings is 1. The number of hydrogen-bond acceptors (Lipinski definition) is 3. The predicted molar refractivity (Wildman–Crippen MR) is 71.8 cm³/mol. The molecule has 0 saturated carbocycles. The van der Waals surface area contributed by atoms with Crippen LogP contribution in [0.1, 0.15) is 6.92 Å². The van der Waals surface area contributed by atoms with Crippen LogP contribution in [0.15, 0.2) is 24.3 Å². The maximum atomic E-state index is 5.17. The van der Waals surface area contributed by atoms with Gasteiger partial charge in [-0.2, -0.15) is 0 Å². The summed E-state index contributed by atoms with van der Waals surface area (Å²) in [6, 6.07) is 8.26. The molecule has 2 rings (SSSR count). The van der Waals surface area contributed by atoms with Crippen LogP contribution in [-0.2, 0) is 0 Å². The van der Waals surface area contributed by atoms with E-state index in [0.717, 1.165) is 24.1 Å². The van der Waals surface area contributed by atoms with Gasteiger partial charge >= 0.3 is 0 Å². The van der Waals surface area contributed by atoms with Crippen LogP contribution in [0.3, 0.4) is 0 Å². The molecule has 1 unspecified atom stereocenters. The summed E-state index contributed by atoms with van der Waals surface area (Å²) in [4.78, 5) is 2.32. The molecule has 1 aliphatic rings. The van der Waals surface area contributed by atoms with E-state index in [4.69, 9.17) is 4.74 Å². The van der Waals surface area contributed by atoms with Crippen molar-refractivity contribution in [2.24, 2.45) is 11.8 Å². The number of ether oxygens (including phenoxy) is 1. The van der Waals surface area contributed by atoms with Gasteiger partial charge in [0.15, 0.2) is 0 Å². The average molecular weight is 234 g/mol. The highest BCUT2D eigenvalue weighted by Gasteiger charge is 2.24. The first-order valence-corrected chi connectivity index (χ1v) is 6.26.